The van der Waals surface area contributed by atoms with Gasteiger partial charge in [-0.05, 0) is 67.9 Å². The van der Waals surface area contributed by atoms with E-state index in [1.54, 1.807) is 7.11 Å². The molecule has 0 aromatic carbocycles. The van der Waals surface area contributed by atoms with Crippen LogP contribution < -0.4 is 0 Å². The average molecular weight is 349 g/mol. The van der Waals surface area contributed by atoms with Crippen LogP contribution in [0.5, 0.6) is 0 Å². The van der Waals surface area contributed by atoms with Gasteiger partial charge in [0.2, 0.25) is 0 Å². The number of rotatable bonds is 4. The number of hydrogen-bond acceptors (Lipinski definition) is 2. The Labute approximate surface area is 155 Å². The maximum atomic E-state index is 5.62. The van der Waals surface area contributed by atoms with Crippen molar-refractivity contribution in [1.82, 2.24) is 9.55 Å². The Kier molecular flexibility index (Phi) is 4.35. The van der Waals surface area contributed by atoms with Crippen molar-refractivity contribution < 1.29 is 4.74 Å². The fourth-order valence-corrected chi connectivity index (χ4v) is 4.37. The van der Waals surface area contributed by atoms with Crippen LogP contribution in [0, 0.1) is 6.92 Å². The number of H-pyrrole nitrogens is 1. The quantitative estimate of drug-likeness (QED) is 0.841. The van der Waals surface area contributed by atoms with E-state index in [1.165, 1.54) is 48.2 Å². The summed E-state index contributed by atoms with van der Waals surface area (Å²) >= 11 is 0. The molecule has 1 aliphatic heterocycles. The average Bonchev–Trinajstić information content (AvgIpc) is 3.33. The third-order valence-electron chi connectivity index (χ3n) is 5.74. The fourth-order valence-electron chi connectivity index (χ4n) is 4.37. The van der Waals surface area contributed by atoms with Gasteiger partial charge in [-0.3, -0.25) is 0 Å². The Morgan fingerprint density at radius 1 is 1.42 bits per heavy atom. The Bertz CT molecular complexity index is 923. The van der Waals surface area contributed by atoms with Crippen LogP contribution in [0.2, 0.25) is 0 Å². The SMILES string of the molecule is CCC1CCCc2c(C)[nH]c(C=C3N=C(c4cccn4C)C=C3OC)c21. The number of aryl methyl sites for hydroxylation is 2. The molecule has 4 heteroatoms. The van der Waals surface area contributed by atoms with Gasteiger partial charge < -0.3 is 14.3 Å². The highest BCUT2D eigenvalue weighted by molar-refractivity contribution is 6.11. The molecule has 0 amide bonds. The van der Waals surface area contributed by atoms with Crippen LogP contribution >= 0.6 is 0 Å². The topological polar surface area (TPSA) is 42.3 Å². The summed E-state index contributed by atoms with van der Waals surface area (Å²) in [6.45, 7) is 4.49. The maximum Gasteiger partial charge on any atom is 0.146 e. The van der Waals surface area contributed by atoms with Gasteiger partial charge >= 0.3 is 0 Å². The van der Waals surface area contributed by atoms with Crippen molar-refractivity contribution in [3.05, 3.63) is 64.1 Å². The van der Waals surface area contributed by atoms with Crippen molar-refractivity contribution in [2.45, 2.75) is 45.4 Å². The lowest BCUT2D eigenvalue weighted by Crippen LogP contribution is -2.08. The van der Waals surface area contributed by atoms with Gasteiger partial charge in [0.25, 0.3) is 0 Å². The smallest absolute Gasteiger partial charge is 0.146 e. The summed E-state index contributed by atoms with van der Waals surface area (Å²) in [6, 6.07) is 4.12. The third-order valence-corrected chi connectivity index (χ3v) is 5.74. The number of aromatic nitrogens is 2. The lowest BCUT2D eigenvalue weighted by Gasteiger charge is -2.22. The molecule has 1 unspecified atom stereocenters. The molecule has 0 radical (unpaired) electrons. The number of methoxy groups -OCH3 is 1. The minimum atomic E-state index is 0.642. The van der Waals surface area contributed by atoms with E-state index in [4.69, 9.17) is 9.73 Å². The van der Waals surface area contributed by atoms with Crippen LogP contribution in [0.15, 0.2) is 40.9 Å². The number of hydrogen-bond donors (Lipinski definition) is 1. The van der Waals surface area contributed by atoms with Crippen molar-refractivity contribution in [2.75, 3.05) is 7.11 Å². The van der Waals surface area contributed by atoms with E-state index >= 15 is 0 Å². The Hall–Kier alpha value is -2.49. The number of allylic oxidation sites excluding steroid dienone is 1. The first-order valence-electron chi connectivity index (χ1n) is 9.51. The van der Waals surface area contributed by atoms with E-state index in [1.807, 2.05) is 25.4 Å². The van der Waals surface area contributed by atoms with Gasteiger partial charge in [0.1, 0.15) is 11.5 Å². The van der Waals surface area contributed by atoms with Gasteiger partial charge in [-0.25, -0.2) is 4.99 Å². The number of nitrogens with zero attached hydrogens (tertiary/aromatic N) is 2. The van der Waals surface area contributed by atoms with Gasteiger partial charge in [-0.2, -0.15) is 0 Å². The van der Waals surface area contributed by atoms with Gasteiger partial charge in [-0.15, -0.1) is 0 Å². The highest BCUT2D eigenvalue weighted by Gasteiger charge is 2.26. The van der Waals surface area contributed by atoms with Gasteiger partial charge in [0.05, 0.1) is 18.5 Å². The van der Waals surface area contributed by atoms with Crippen molar-refractivity contribution in [3.8, 4) is 0 Å². The zero-order valence-electron chi connectivity index (χ0n) is 16.1. The molecule has 0 saturated carbocycles. The number of aromatic amines is 1. The van der Waals surface area contributed by atoms with Crippen LogP contribution in [-0.2, 0) is 18.2 Å². The van der Waals surface area contributed by atoms with E-state index in [2.05, 4.69) is 35.5 Å². The molecule has 0 spiro atoms. The van der Waals surface area contributed by atoms with Gasteiger partial charge in [0.15, 0.2) is 0 Å². The van der Waals surface area contributed by atoms with Crippen LogP contribution in [-0.4, -0.2) is 22.4 Å². The minimum Gasteiger partial charge on any atom is -0.494 e. The summed E-state index contributed by atoms with van der Waals surface area (Å²) in [5.74, 6) is 1.47. The second kappa shape index (κ2) is 6.67. The molecule has 2 aromatic heterocycles. The monoisotopic (exact) mass is 349 g/mol. The predicted molar refractivity (Wildman–Crippen MR) is 107 cm³/mol. The highest BCUT2D eigenvalue weighted by Crippen LogP contribution is 2.39. The van der Waals surface area contributed by atoms with Crippen LogP contribution in [0.3, 0.4) is 0 Å². The molecule has 26 heavy (non-hydrogen) atoms. The van der Waals surface area contributed by atoms with Crippen molar-refractivity contribution in [2.24, 2.45) is 12.0 Å². The van der Waals surface area contributed by atoms with Crippen LogP contribution in [0.25, 0.3) is 6.08 Å². The molecule has 2 aromatic rings. The third kappa shape index (κ3) is 2.74. The molecular formula is C22H27N3O. The minimum absolute atomic E-state index is 0.642. The maximum absolute atomic E-state index is 5.62. The lowest BCUT2D eigenvalue weighted by atomic mass is 9.81. The Balaban J connectivity index is 1.78. The predicted octanol–water partition coefficient (Wildman–Crippen LogP) is 4.87. The van der Waals surface area contributed by atoms with Gasteiger partial charge in [-0.1, -0.05) is 6.92 Å². The molecule has 1 atom stereocenters. The molecule has 4 rings (SSSR count). The molecule has 1 N–H and O–H groups in total. The van der Waals surface area contributed by atoms with Crippen LogP contribution in [0.4, 0.5) is 0 Å². The molecule has 0 bridgehead atoms. The fraction of sp³-hybridized carbons (Fsp3) is 0.409. The molecule has 3 heterocycles. The summed E-state index contributed by atoms with van der Waals surface area (Å²) in [5.41, 5.74) is 8.47. The zero-order valence-corrected chi connectivity index (χ0v) is 16.1. The molecule has 2 aliphatic rings. The first kappa shape index (κ1) is 17.0. The van der Waals surface area contributed by atoms with Crippen molar-refractivity contribution in [1.29, 1.82) is 0 Å². The molecule has 1 aliphatic carbocycles. The molecular weight excluding hydrogens is 322 g/mol. The Morgan fingerprint density at radius 3 is 2.96 bits per heavy atom. The largest absolute Gasteiger partial charge is 0.494 e. The first-order valence-corrected chi connectivity index (χ1v) is 9.51. The Morgan fingerprint density at radius 2 is 2.27 bits per heavy atom. The second-order valence-corrected chi connectivity index (χ2v) is 7.30. The molecule has 0 saturated heterocycles. The molecule has 4 nitrogen and oxygen atoms in total. The van der Waals surface area contributed by atoms with E-state index in [0.29, 0.717) is 5.92 Å². The standard InChI is InChI=1S/C22H27N3O/c1-5-15-8-6-9-16-14(2)23-19(22(15)16)12-18-21(26-4)13-17(24-18)20-10-7-11-25(20)3/h7,10-13,15,23H,5-6,8-9H2,1-4H3. The van der Waals surface area contributed by atoms with E-state index in [-0.39, 0.29) is 0 Å². The summed E-state index contributed by atoms with van der Waals surface area (Å²) in [6.07, 6.45) is 11.2. The summed E-state index contributed by atoms with van der Waals surface area (Å²) in [7, 11) is 3.75. The normalized spacial score (nSPS) is 20.9. The summed E-state index contributed by atoms with van der Waals surface area (Å²) < 4.78 is 7.71. The van der Waals surface area contributed by atoms with E-state index in [9.17, 15) is 0 Å². The van der Waals surface area contributed by atoms with Crippen molar-refractivity contribution in [3.63, 3.8) is 0 Å². The first-order chi connectivity index (χ1) is 12.6. The van der Waals surface area contributed by atoms with Crippen LogP contribution in [0.1, 0.15) is 60.3 Å². The number of ether oxygens (including phenoxy) is 1. The zero-order chi connectivity index (χ0) is 18.3. The summed E-state index contributed by atoms with van der Waals surface area (Å²) in [5, 5.41) is 0. The lowest BCUT2D eigenvalue weighted by molar-refractivity contribution is 0.303. The van der Waals surface area contributed by atoms with E-state index < -0.39 is 0 Å². The highest BCUT2D eigenvalue weighted by atomic mass is 16.5. The number of nitrogens with one attached hydrogen (secondary N) is 1. The van der Waals surface area contributed by atoms with Crippen molar-refractivity contribution >= 4 is 11.8 Å². The van der Waals surface area contributed by atoms with Gasteiger partial charge in [0, 0.05) is 30.7 Å². The number of aliphatic imine (C=N–C) groups is 1. The van der Waals surface area contributed by atoms with E-state index in [0.717, 1.165) is 22.9 Å². The molecule has 136 valence electrons. The second-order valence-electron chi connectivity index (χ2n) is 7.30. The molecule has 0 fully saturated rings. The summed E-state index contributed by atoms with van der Waals surface area (Å²) in [4.78, 5) is 8.49. The number of fused-ring (bicyclic) bond motifs is 1.